The molecule has 1 heterocycles. The Labute approximate surface area is 117 Å². The highest BCUT2D eigenvalue weighted by Gasteiger charge is 2.07. The summed E-state index contributed by atoms with van der Waals surface area (Å²) in [6.07, 6.45) is 2.44. The highest BCUT2D eigenvalue weighted by molar-refractivity contribution is 5.90. The summed E-state index contributed by atoms with van der Waals surface area (Å²) in [5.74, 6) is 0.151. The zero-order valence-electron chi connectivity index (χ0n) is 11.3. The molecule has 0 fully saturated rings. The molecule has 0 aliphatic rings. The van der Waals surface area contributed by atoms with E-state index in [9.17, 15) is 4.79 Å². The van der Waals surface area contributed by atoms with Gasteiger partial charge in [-0.2, -0.15) is 0 Å². The van der Waals surface area contributed by atoms with Crippen LogP contribution in [0.1, 0.15) is 23.7 Å². The highest BCUT2D eigenvalue weighted by Crippen LogP contribution is 2.18. The molecule has 3 N–H and O–H groups in total. The molecular weight excluding hydrogens is 254 g/mol. The van der Waals surface area contributed by atoms with Crippen molar-refractivity contribution in [1.29, 1.82) is 0 Å². The van der Waals surface area contributed by atoms with Crippen LogP contribution in [0.4, 0.5) is 17.2 Å². The van der Waals surface area contributed by atoms with Crippen molar-refractivity contribution in [3.63, 3.8) is 0 Å². The van der Waals surface area contributed by atoms with Crippen molar-refractivity contribution in [3.8, 4) is 0 Å². The molecule has 2 rings (SSSR count). The summed E-state index contributed by atoms with van der Waals surface area (Å²) < 4.78 is 5.10. The largest absolute Gasteiger partial charge is 0.462 e. The van der Waals surface area contributed by atoms with Gasteiger partial charge in [0.1, 0.15) is 5.82 Å². The van der Waals surface area contributed by atoms with Crippen LogP contribution in [-0.4, -0.2) is 17.6 Å². The summed E-state index contributed by atoms with van der Waals surface area (Å²) in [4.78, 5) is 15.8. The molecular formula is C15H17N3O2. The van der Waals surface area contributed by atoms with Crippen molar-refractivity contribution in [3.05, 3.63) is 48.2 Å². The smallest absolute Gasteiger partial charge is 0.338 e. The fourth-order valence-corrected chi connectivity index (χ4v) is 1.65. The molecule has 0 unspecified atom stereocenters. The van der Waals surface area contributed by atoms with E-state index in [1.165, 1.54) is 0 Å². The van der Waals surface area contributed by atoms with Crippen LogP contribution >= 0.6 is 0 Å². The number of rotatable bonds is 5. The number of benzene rings is 1. The Morgan fingerprint density at radius 2 is 2.15 bits per heavy atom. The average molecular weight is 271 g/mol. The van der Waals surface area contributed by atoms with Gasteiger partial charge >= 0.3 is 5.97 Å². The molecule has 104 valence electrons. The number of hydrogen-bond acceptors (Lipinski definition) is 5. The van der Waals surface area contributed by atoms with Crippen LogP contribution in [-0.2, 0) is 4.74 Å². The van der Waals surface area contributed by atoms with Crippen LogP contribution in [0.25, 0.3) is 0 Å². The number of esters is 1. The summed E-state index contributed by atoms with van der Waals surface area (Å²) in [6, 6.07) is 10.7. The van der Waals surface area contributed by atoms with E-state index in [1.54, 1.807) is 30.5 Å². The number of anilines is 3. The average Bonchev–Trinajstić information content (AvgIpc) is 2.47. The Morgan fingerprint density at radius 1 is 1.30 bits per heavy atom. The van der Waals surface area contributed by atoms with Crippen LogP contribution in [0.5, 0.6) is 0 Å². The summed E-state index contributed by atoms with van der Waals surface area (Å²) in [5, 5.41) is 3.16. The van der Waals surface area contributed by atoms with Crippen molar-refractivity contribution in [2.24, 2.45) is 0 Å². The van der Waals surface area contributed by atoms with Gasteiger partial charge in [-0.25, -0.2) is 9.78 Å². The van der Waals surface area contributed by atoms with Crippen LogP contribution in [0.3, 0.4) is 0 Å². The van der Waals surface area contributed by atoms with Gasteiger partial charge in [-0.05, 0) is 36.8 Å². The van der Waals surface area contributed by atoms with Crippen molar-refractivity contribution in [2.75, 3.05) is 17.7 Å². The molecule has 0 atom stereocenters. The third kappa shape index (κ3) is 3.71. The van der Waals surface area contributed by atoms with E-state index >= 15 is 0 Å². The first-order chi connectivity index (χ1) is 9.69. The van der Waals surface area contributed by atoms with E-state index in [0.29, 0.717) is 18.0 Å². The molecule has 1 aromatic carbocycles. The quantitative estimate of drug-likeness (QED) is 0.817. The lowest BCUT2D eigenvalue weighted by molar-refractivity contribution is 0.0505. The standard InChI is InChI=1S/C15H17N3O2/c1-2-8-20-15(19)11-4-3-5-12(9-11)18-13-6-7-14(16)17-10-13/h3-7,9-10,18H,2,8H2,1H3,(H2,16,17). The Kier molecular flexibility index (Phi) is 4.55. The molecule has 0 spiro atoms. The predicted molar refractivity (Wildman–Crippen MR) is 78.9 cm³/mol. The Balaban J connectivity index is 2.09. The van der Waals surface area contributed by atoms with Gasteiger partial charge in [0, 0.05) is 5.69 Å². The SMILES string of the molecule is CCCOC(=O)c1cccc(Nc2ccc(N)nc2)c1. The lowest BCUT2D eigenvalue weighted by Gasteiger charge is -2.08. The molecule has 20 heavy (non-hydrogen) atoms. The maximum absolute atomic E-state index is 11.8. The second kappa shape index (κ2) is 6.56. The van der Waals surface area contributed by atoms with E-state index < -0.39 is 0 Å². The third-order valence-electron chi connectivity index (χ3n) is 2.61. The summed E-state index contributed by atoms with van der Waals surface area (Å²) >= 11 is 0. The van der Waals surface area contributed by atoms with Crippen molar-refractivity contribution < 1.29 is 9.53 Å². The van der Waals surface area contributed by atoms with Gasteiger partial charge in [0.15, 0.2) is 0 Å². The molecule has 5 heteroatoms. The summed E-state index contributed by atoms with van der Waals surface area (Å²) in [7, 11) is 0. The van der Waals surface area contributed by atoms with Gasteiger partial charge in [-0.1, -0.05) is 13.0 Å². The Hall–Kier alpha value is -2.56. The van der Waals surface area contributed by atoms with Gasteiger partial charge in [0.05, 0.1) is 24.1 Å². The maximum Gasteiger partial charge on any atom is 0.338 e. The molecule has 1 aromatic heterocycles. The maximum atomic E-state index is 11.8. The van der Waals surface area contributed by atoms with Gasteiger partial charge in [0.25, 0.3) is 0 Å². The normalized spacial score (nSPS) is 10.1. The molecule has 0 saturated heterocycles. The third-order valence-corrected chi connectivity index (χ3v) is 2.61. The second-order valence-electron chi connectivity index (χ2n) is 4.31. The number of nitrogens with zero attached hydrogens (tertiary/aromatic N) is 1. The topological polar surface area (TPSA) is 77.2 Å². The molecule has 0 aliphatic heterocycles. The fourth-order valence-electron chi connectivity index (χ4n) is 1.65. The van der Waals surface area contributed by atoms with E-state index in [0.717, 1.165) is 17.8 Å². The number of nitrogens with two attached hydrogens (primary N) is 1. The first-order valence-corrected chi connectivity index (χ1v) is 6.45. The first-order valence-electron chi connectivity index (χ1n) is 6.45. The van der Waals surface area contributed by atoms with Crippen molar-refractivity contribution >= 4 is 23.2 Å². The number of ether oxygens (including phenoxy) is 1. The monoisotopic (exact) mass is 271 g/mol. The molecule has 0 aliphatic carbocycles. The number of hydrogen-bond donors (Lipinski definition) is 2. The minimum Gasteiger partial charge on any atom is -0.462 e. The molecule has 0 bridgehead atoms. The molecule has 0 amide bonds. The van der Waals surface area contributed by atoms with Gasteiger partial charge in [-0.15, -0.1) is 0 Å². The van der Waals surface area contributed by atoms with Gasteiger partial charge < -0.3 is 15.8 Å². The van der Waals surface area contributed by atoms with E-state index in [-0.39, 0.29) is 5.97 Å². The van der Waals surface area contributed by atoms with Crippen LogP contribution in [0.15, 0.2) is 42.6 Å². The van der Waals surface area contributed by atoms with E-state index in [4.69, 9.17) is 10.5 Å². The fraction of sp³-hybridized carbons (Fsp3) is 0.200. The van der Waals surface area contributed by atoms with Crippen LogP contribution < -0.4 is 11.1 Å². The van der Waals surface area contributed by atoms with Crippen LogP contribution in [0, 0.1) is 0 Å². The number of carbonyl (C=O) groups is 1. The first kappa shape index (κ1) is 13.9. The Morgan fingerprint density at radius 3 is 2.85 bits per heavy atom. The predicted octanol–water partition coefficient (Wildman–Crippen LogP) is 2.97. The van der Waals surface area contributed by atoms with E-state index in [1.807, 2.05) is 19.1 Å². The van der Waals surface area contributed by atoms with E-state index in [2.05, 4.69) is 10.3 Å². The van der Waals surface area contributed by atoms with Crippen LogP contribution in [0.2, 0.25) is 0 Å². The molecule has 5 nitrogen and oxygen atoms in total. The number of carbonyl (C=O) groups excluding carboxylic acids is 1. The minimum atomic E-state index is -0.314. The summed E-state index contributed by atoms with van der Waals surface area (Å²) in [5.41, 5.74) is 7.65. The minimum absolute atomic E-state index is 0.314. The number of nitrogens with one attached hydrogen (secondary N) is 1. The summed E-state index contributed by atoms with van der Waals surface area (Å²) in [6.45, 7) is 2.39. The molecule has 2 aromatic rings. The number of aromatic nitrogens is 1. The zero-order chi connectivity index (χ0) is 14.4. The van der Waals surface area contributed by atoms with Crippen molar-refractivity contribution in [1.82, 2.24) is 4.98 Å². The van der Waals surface area contributed by atoms with Crippen molar-refractivity contribution in [2.45, 2.75) is 13.3 Å². The Bertz CT molecular complexity index is 582. The molecule has 0 saturated carbocycles. The second-order valence-corrected chi connectivity index (χ2v) is 4.31. The highest BCUT2D eigenvalue weighted by atomic mass is 16.5. The molecule has 0 radical (unpaired) electrons. The number of nitrogen functional groups attached to an aromatic ring is 1. The lowest BCUT2D eigenvalue weighted by Crippen LogP contribution is -2.06. The van der Waals surface area contributed by atoms with Gasteiger partial charge in [0.2, 0.25) is 0 Å². The zero-order valence-corrected chi connectivity index (χ0v) is 11.3. The number of pyridine rings is 1. The van der Waals surface area contributed by atoms with Gasteiger partial charge in [-0.3, -0.25) is 0 Å². The lowest BCUT2D eigenvalue weighted by atomic mass is 10.2.